The van der Waals surface area contributed by atoms with E-state index >= 15 is 0 Å². The molecule has 0 amide bonds. The maximum atomic E-state index is 5.68. The first kappa shape index (κ1) is 11.1. The van der Waals surface area contributed by atoms with E-state index in [1.807, 2.05) is 0 Å². The van der Waals surface area contributed by atoms with Crippen LogP contribution < -0.4 is 11.1 Å². The summed E-state index contributed by atoms with van der Waals surface area (Å²) in [7, 11) is 0. The lowest BCUT2D eigenvalue weighted by molar-refractivity contribution is -0.0473. The van der Waals surface area contributed by atoms with Gasteiger partial charge in [0.25, 0.3) is 0 Å². The summed E-state index contributed by atoms with van der Waals surface area (Å²) in [6.07, 6.45) is 2.25. The van der Waals surface area contributed by atoms with Crippen LogP contribution in [0.1, 0.15) is 24.3 Å². The molecule has 92 valence electrons. The second kappa shape index (κ2) is 4.67. The Labute approximate surface area is 102 Å². The van der Waals surface area contributed by atoms with Crippen molar-refractivity contribution >= 4 is 5.69 Å². The van der Waals surface area contributed by atoms with Gasteiger partial charge in [-0.25, -0.2) is 0 Å². The highest BCUT2D eigenvalue weighted by atomic mass is 16.5. The number of ether oxygens (including phenoxy) is 1. The zero-order valence-electron chi connectivity index (χ0n) is 10.1. The Kier molecular flexibility index (Phi) is 3.04. The van der Waals surface area contributed by atoms with Crippen LogP contribution in [0, 0.1) is 5.92 Å². The lowest BCUT2D eigenvalue weighted by atomic mass is 9.77. The molecular formula is C14H20N2O. The average Bonchev–Trinajstić information content (AvgIpc) is 2.27. The Morgan fingerprint density at radius 2 is 2.12 bits per heavy atom. The molecule has 3 N–H and O–H groups in total. The fourth-order valence-corrected chi connectivity index (χ4v) is 2.99. The molecule has 1 saturated heterocycles. The van der Waals surface area contributed by atoms with E-state index < -0.39 is 0 Å². The Bertz CT molecular complexity index is 390. The van der Waals surface area contributed by atoms with Gasteiger partial charge < -0.3 is 15.8 Å². The molecule has 0 spiro atoms. The van der Waals surface area contributed by atoms with Gasteiger partial charge in [-0.1, -0.05) is 18.2 Å². The van der Waals surface area contributed by atoms with Crippen LogP contribution >= 0.6 is 0 Å². The molecule has 2 atom stereocenters. The Morgan fingerprint density at radius 1 is 1.29 bits per heavy atom. The van der Waals surface area contributed by atoms with Gasteiger partial charge >= 0.3 is 0 Å². The lowest BCUT2D eigenvalue weighted by Crippen LogP contribution is -2.39. The van der Waals surface area contributed by atoms with Crippen LogP contribution in [0.5, 0.6) is 0 Å². The van der Waals surface area contributed by atoms with Crippen LogP contribution in [0.3, 0.4) is 0 Å². The van der Waals surface area contributed by atoms with Gasteiger partial charge in [-0.3, -0.25) is 0 Å². The minimum atomic E-state index is 0.528. The summed E-state index contributed by atoms with van der Waals surface area (Å²) in [6, 6.07) is 9.20. The maximum absolute atomic E-state index is 5.68. The highest BCUT2D eigenvalue weighted by molar-refractivity contribution is 5.56. The summed E-state index contributed by atoms with van der Waals surface area (Å²) >= 11 is 0. The monoisotopic (exact) mass is 232 g/mol. The molecule has 0 bridgehead atoms. The third kappa shape index (κ3) is 2.05. The van der Waals surface area contributed by atoms with Gasteiger partial charge in [0.15, 0.2) is 0 Å². The Balaban J connectivity index is 1.86. The molecule has 3 nitrogen and oxygen atoms in total. The molecule has 0 radical (unpaired) electrons. The van der Waals surface area contributed by atoms with E-state index in [-0.39, 0.29) is 0 Å². The molecule has 3 rings (SSSR count). The number of nitrogens with two attached hydrogens (primary N) is 1. The Morgan fingerprint density at radius 3 is 2.82 bits per heavy atom. The molecule has 1 aromatic rings. The van der Waals surface area contributed by atoms with Crippen LogP contribution in [0.4, 0.5) is 5.69 Å². The summed E-state index contributed by atoms with van der Waals surface area (Å²) in [4.78, 5) is 0. The molecule has 1 aromatic carbocycles. The maximum Gasteiger partial charge on any atom is 0.0522 e. The van der Waals surface area contributed by atoms with Crippen LogP contribution in [0.25, 0.3) is 0 Å². The third-order valence-corrected chi connectivity index (χ3v) is 4.01. The molecule has 1 fully saturated rings. The minimum Gasteiger partial charge on any atom is -0.382 e. The zero-order valence-corrected chi connectivity index (χ0v) is 10.1. The van der Waals surface area contributed by atoms with E-state index in [2.05, 4.69) is 29.6 Å². The molecule has 0 aliphatic carbocycles. The zero-order chi connectivity index (χ0) is 11.7. The summed E-state index contributed by atoms with van der Waals surface area (Å²) in [5, 5.41) is 3.61. The average molecular weight is 232 g/mol. The van der Waals surface area contributed by atoms with Crippen LogP contribution in [0.15, 0.2) is 24.3 Å². The topological polar surface area (TPSA) is 47.3 Å². The van der Waals surface area contributed by atoms with Crippen molar-refractivity contribution in [1.29, 1.82) is 0 Å². The van der Waals surface area contributed by atoms with Crippen molar-refractivity contribution < 1.29 is 4.74 Å². The number of nitrogens with one attached hydrogen (secondary N) is 1. The molecule has 17 heavy (non-hydrogen) atoms. The van der Waals surface area contributed by atoms with Crippen molar-refractivity contribution in [3.05, 3.63) is 29.8 Å². The second-order valence-corrected chi connectivity index (χ2v) is 5.15. The SMILES string of the molecule is NCCC1CC(C2COC2)c2ccccc2N1. The van der Waals surface area contributed by atoms with Gasteiger partial charge in [-0.05, 0) is 36.9 Å². The molecule has 0 aromatic heterocycles. The van der Waals surface area contributed by atoms with Crippen molar-refractivity contribution in [3.8, 4) is 0 Å². The highest BCUT2D eigenvalue weighted by Crippen LogP contribution is 2.41. The van der Waals surface area contributed by atoms with Gasteiger partial charge in [-0.15, -0.1) is 0 Å². The summed E-state index contributed by atoms with van der Waals surface area (Å²) in [5.41, 5.74) is 8.45. The van der Waals surface area contributed by atoms with E-state index in [9.17, 15) is 0 Å². The lowest BCUT2D eigenvalue weighted by Gasteiger charge is -2.40. The van der Waals surface area contributed by atoms with E-state index in [4.69, 9.17) is 10.5 Å². The van der Waals surface area contributed by atoms with Gasteiger partial charge in [0.05, 0.1) is 13.2 Å². The third-order valence-electron chi connectivity index (χ3n) is 4.01. The van der Waals surface area contributed by atoms with Crippen molar-refractivity contribution in [2.75, 3.05) is 25.1 Å². The highest BCUT2D eigenvalue weighted by Gasteiger charge is 2.35. The first-order valence-corrected chi connectivity index (χ1v) is 6.51. The number of benzene rings is 1. The van der Waals surface area contributed by atoms with Gasteiger partial charge in [0.1, 0.15) is 0 Å². The molecular weight excluding hydrogens is 212 g/mol. The van der Waals surface area contributed by atoms with E-state index in [0.717, 1.165) is 26.2 Å². The van der Waals surface area contributed by atoms with Crippen LogP contribution in [-0.2, 0) is 4.74 Å². The molecule has 2 aliphatic heterocycles. The summed E-state index contributed by atoms with van der Waals surface area (Å²) in [5.74, 6) is 1.36. The van der Waals surface area contributed by atoms with E-state index in [1.165, 1.54) is 17.7 Å². The van der Waals surface area contributed by atoms with Crippen molar-refractivity contribution in [2.24, 2.45) is 11.7 Å². The summed E-state index contributed by atoms with van der Waals surface area (Å²) < 4.78 is 5.35. The molecule has 0 saturated carbocycles. The molecule has 2 unspecified atom stereocenters. The fourth-order valence-electron chi connectivity index (χ4n) is 2.99. The molecule has 3 heteroatoms. The minimum absolute atomic E-state index is 0.528. The number of rotatable bonds is 3. The predicted octanol–water partition coefficient (Wildman–Crippen LogP) is 1.95. The van der Waals surface area contributed by atoms with Crippen molar-refractivity contribution in [1.82, 2.24) is 0 Å². The van der Waals surface area contributed by atoms with Crippen LogP contribution in [-0.4, -0.2) is 25.8 Å². The number of hydrogen-bond donors (Lipinski definition) is 2. The summed E-state index contributed by atoms with van der Waals surface area (Å²) in [6.45, 7) is 2.61. The largest absolute Gasteiger partial charge is 0.382 e. The normalized spacial score (nSPS) is 28.1. The quantitative estimate of drug-likeness (QED) is 0.837. The fraction of sp³-hybridized carbons (Fsp3) is 0.571. The van der Waals surface area contributed by atoms with Gasteiger partial charge in [0.2, 0.25) is 0 Å². The van der Waals surface area contributed by atoms with Gasteiger partial charge in [-0.2, -0.15) is 0 Å². The number of para-hydroxylation sites is 1. The first-order valence-electron chi connectivity index (χ1n) is 6.51. The second-order valence-electron chi connectivity index (χ2n) is 5.15. The van der Waals surface area contributed by atoms with Crippen molar-refractivity contribution in [3.63, 3.8) is 0 Å². The van der Waals surface area contributed by atoms with Crippen molar-refractivity contribution in [2.45, 2.75) is 24.8 Å². The molecule has 2 aliphatic rings. The standard InChI is InChI=1S/C14H20N2O/c15-6-5-11-7-13(10-8-17-9-10)12-3-1-2-4-14(12)16-11/h1-4,10-11,13,16H,5-9,15H2. The van der Waals surface area contributed by atoms with Crippen LogP contribution in [0.2, 0.25) is 0 Å². The van der Waals surface area contributed by atoms with E-state index in [1.54, 1.807) is 0 Å². The molecule has 2 heterocycles. The smallest absolute Gasteiger partial charge is 0.0522 e. The van der Waals surface area contributed by atoms with E-state index in [0.29, 0.717) is 17.9 Å². The number of fused-ring (bicyclic) bond motifs is 1. The number of hydrogen-bond acceptors (Lipinski definition) is 3. The van der Waals surface area contributed by atoms with Gasteiger partial charge in [0, 0.05) is 17.6 Å². The predicted molar refractivity (Wildman–Crippen MR) is 69.2 cm³/mol. The Hall–Kier alpha value is -1.06. The first-order chi connectivity index (χ1) is 8.38. The number of anilines is 1.